The van der Waals surface area contributed by atoms with Crippen LogP contribution in [0.4, 0.5) is 5.69 Å². The molecule has 104 valence electrons. The predicted octanol–water partition coefficient (Wildman–Crippen LogP) is 1.14. The van der Waals surface area contributed by atoms with Gasteiger partial charge in [0.25, 0.3) is 0 Å². The van der Waals surface area contributed by atoms with E-state index in [4.69, 9.17) is 4.74 Å². The van der Waals surface area contributed by atoms with E-state index in [9.17, 15) is 9.90 Å². The summed E-state index contributed by atoms with van der Waals surface area (Å²) in [6.07, 6.45) is 2.58. The quantitative estimate of drug-likeness (QED) is 0.720. The molecule has 0 aromatic heterocycles. The molecule has 0 unspecified atom stereocenters. The van der Waals surface area contributed by atoms with Crippen LogP contribution in [0.3, 0.4) is 0 Å². The molecular weight excluding hydrogens is 244 g/mol. The van der Waals surface area contributed by atoms with Gasteiger partial charge in [0.2, 0.25) is 5.91 Å². The van der Waals surface area contributed by atoms with E-state index in [0.717, 1.165) is 24.9 Å². The van der Waals surface area contributed by atoms with Crippen molar-refractivity contribution in [3.8, 4) is 5.75 Å². The molecule has 1 aliphatic carbocycles. The Morgan fingerprint density at radius 3 is 2.79 bits per heavy atom. The number of methoxy groups -OCH3 is 1. The fourth-order valence-corrected chi connectivity index (χ4v) is 2.05. The van der Waals surface area contributed by atoms with Crippen molar-refractivity contribution < 1.29 is 14.6 Å². The molecule has 0 aliphatic heterocycles. The van der Waals surface area contributed by atoms with E-state index >= 15 is 0 Å². The molecular formula is C14H20N2O3. The molecule has 3 N–H and O–H groups in total. The Hall–Kier alpha value is -1.75. The molecule has 2 rings (SSSR count). The molecule has 1 aromatic rings. The van der Waals surface area contributed by atoms with Crippen LogP contribution in [-0.4, -0.2) is 36.8 Å². The maximum absolute atomic E-state index is 11.7. The number of nitrogens with one attached hydrogen (secondary N) is 2. The van der Waals surface area contributed by atoms with Gasteiger partial charge in [0, 0.05) is 6.54 Å². The number of aliphatic hydroxyl groups is 1. The Balaban J connectivity index is 1.76. The van der Waals surface area contributed by atoms with Crippen LogP contribution >= 0.6 is 0 Å². The summed E-state index contributed by atoms with van der Waals surface area (Å²) in [6.45, 7) is 0.496. The lowest BCUT2D eigenvalue weighted by atomic mass is 9.80. The van der Waals surface area contributed by atoms with E-state index < -0.39 is 5.60 Å². The van der Waals surface area contributed by atoms with Crippen LogP contribution in [0.15, 0.2) is 24.3 Å². The van der Waals surface area contributed by atoms with Crippen molar-refractivity contribution in [1.82, 2.24) is 5.32 Å². The van der Waals surface area contributed by atoms with Gasteiger partial charge < -0.3 is 20.5 Å². The lowest BCUT2D eigenvalue weighted by Crippen LogP contribution is -2.48. The minimum absolute atomic E-state index is 0.133. The number of carbonyl (C=O) groups is 1. The van der Waals surface area contributed by atoms with Crippen LogP contribution in [-0.2, 0) is 4.79 Å². The summed E-state index contributed by atoms with van der Waals surface area (Å²) < 4.78 is 5.18. The number of hydrogen-bond donors (Lipinski definition) is 3. The molecule has 0 spiro atoms. The van der Waals surface area contributed by atoms with Gasteiger partial charge in [0.15, 0.2) is 0 Å². The van der Waals surface area contributed by atoms with Gasteiger partial charge in [0.05, 0.1) is 24.9 Å². The number of hydrogen-bond acceptors (Lipinski definition) is 4. The summed E-state index contributed by atoms with van der Waals surface area (Å²) in [5.74, 6) is 0.569. The third-order valence-electron chi connectivity index (χ3n) is 3.45. The van der Waals surface area contributed by atoms with Gasteiger partial charge in [0.1, 0.15) is 5.75 Å². The second-order valence-corrected chi connectivity index (χ2v) is 4.91. The number of anilines is 1. The van der Waals surface area contributed by atoms with E-state index in [1.165, 1.54) is 0 Å². The largest absolute Gasteiger partial charge is 0.495 e. The van der Waals surface area contributed by atoms with Crippen LogP contribution in [0.25, 0.3) is 0 Å². The zero-order valence-corrected chi connectivity index (χ0v) is 11.1. The molecule has 19 heavy (non-hydrogen) atoms. The normalized spacial score (nSPS) is 16.3. The van der Waals surface area contributed by atoms with Crippen molar-refractivity contribution in [2.24, 2.45) is 0 Å². The lowest BCUT2D eigenvalue weighted by Gasteiger charge is -2.36. The minimum Gasteiger partial charge on any atom is -0.495 e. The second-order valence-electron chi connectivity index (χ2n) is 4.91. The highest BCUT2D eigenvalue weighted by molar-refractivity contribution is 5.81. The highest BCUT2D eigenvalue weighted by atomic mass is 16.5. The molecule has 0 atom stereocenters. The smallest absolute Gasteiger partial charge is 0.239 e. The first-order valence-electron chi connectivity index (χ1n) is 6.49. The third kappa shape index (κ3) is 3.61. The van der Waals surface area contributed by atoms with Crippen LogP contribution < -0.4 is 15.4 Å². The summed E-state index contributed by atoms with van der Waals surface area (Å²) in [7, 11) is 1.59. The van der Waals surface area contributed by atoms with E-state index in [0.29, 0.717) is 12.3 Å². The van der Waals surface area contributed by atoms with Gasteiger partial charge in [-0.2, -0.15) is 0 Å². The molecule has 5 nitrogen and oxygen atoms in total. The van der Waals surface area contributed by atoms with E-state index in [1.807, 2.05) is 24.3 Å². The van der Waals surface area contributed by atoms with Gasteiger partial charge in [-0.05, 0) is 31.4 Å². The fraction of sp³-hybridized carbons (Fsp3) is 0.500. The first kappa shape index (κ1) is 13.7. The molecule has 0 bridgehead atoms. The average molecular weight is 264 g/mol. The highest BCUT2D eigenvalue weighted by Gasteiger charge is 2.34. The molecule has 1 fully saturated rings. The first-order valence-corrected chi connectivity index (χ1v) is 6.49. The number of carbonyl (C=O) groups excluding carboxylic acids is 1. The monoisotopic (exact) mass is 264 g/mol. The molecule has 5 heteroatoms. The van der Waals surface area contributed by atoms with E-state index in [1.54, 1.807) is 7.11 Å². The fourth-order valence-electron chi connectivity index (χ4n) is 2.05. The van der Waals surface area contributed by atoms with Crippen molar-refractivity contribution in [1.29, 1.82) is 0 Å². The summed E-state index contributed by atoms with van der Waals surface area (Å²) in [4.78, 5) is 11.7. The van der Waals surface area contributed by atoms with Gasteiger partial charge in [-0.25, -0.2) is 0 Å². The predicted molar refractivity (Wildman–Crippen MR) is 73.3 cm³/mol. The second kappa shape index (κ2) is 5.93. The molecule has 1 aliphatic rings. The SMILES string of the molecule is COc1ccccc1NCC(=O)NCC1(O)CCC1. The van der Waals surface area contributed by atoms with Gasteiger partial charge in [-0.15, -0.1) is 0 Å². The van der Waals surface area contributed by atoms with Crippen molar-refractivity contribution in [2.45, 2.75) is 24.9 Å². The van der Waals surface area contributed by atoms with Gasteiger partial charge in [-0.1, -0.05) is 12.1 Å². The zero-order valence-electron chi connectivity index (χ0n) is 11.1. The van der Waals surface area contributed by atoms with Crippen LogP contribution in [0.2, 0.25) is 0 Å². The lowest BCUT2D eigenvalue weighted by molar-refractivity contribution is -0.121. The van der Waals surface area contributed by atoms with Crippen molar-refractivity contribution >= 4 is 11.6 Å². The van der Waals surface area contributed by atoms with Crippen LogP contribution in [0.1, 0.15) is 19.3 Å². The molecule has 0 heterocycles. The van der Waals surface area contributed by atoms with Crippen LogP contribution in [0, 0.1) is 0 Å². The van der Waals surface area contributed by atoms with E-state index in [-0.39, 0.29) is 12.5 Å². The summed E-state index contributed by atoms with van der Waals surface area (Å²) >= 11 is 0. The maximum Gasteiger partial charge on any atom is 0.239 e. The van der Waals surface area contributed by atoms with Crippen LogP contribution in [0.5, 0.6) is 5.75 Å². The summed E-state index contributed by atoms with van der Waals surface area (Å²) in [5, 5.41) is 15.6. The average Bonchev–Trinajstić information content (AvgIpc) is 2.41. The number of ether oxygens (including phenoxy) is 1. The Morgan fingerprint density at radius 2 is 2.16 bits per heavy atom. The molecule has 1 saturated carbocycles. The summed E-state index contributed by atoms with van der Waals surface area (Å²) in [6, 6.07) is 7.43. The molecule has 0 saturated heterocycles. The van der Waals surface area contributed by atoms with Gasteiger partial charge in [-0.3, -0.25) is 4.79 Å². The topological polar surface area (TPSA) is 70.6 Å². The Morgan fingerprint density at radius 1 is 1.42 bits per heavy atom. The van der Waals surface area contributed by atoms with Crippen molar-refractivity contribution in [3.05, 3.63) is 24.3 Å². The Labute approximate surface area is 113 Å². The summed E-state index contributed by atoms with van der Waals surface area (Å²) in [5.41, 5.74) is 0.0996. The minimum atomic E-state index is -0.680. The number of rotatable bonds is 6. The van der Waals surface area contributed by atoms with Crippen molar-refractivity contribution in [2.75, 3.05) is 25.5 Å². The number of para-hydroxylation sites is 2. The third-order valence-corrected chi connectivity index (χ3v) is 3.45. The standard InChI is InChI=1S/C14H20N2O3/c1-19-12-6-3-2-5-11(12)15-9-13(17)16-10-14(18)7-4-8-14/h2-3,5-6,15,18H,4,7-10H2,1H3,(H,16,17). The zero-order chi connectivity index (χ0) is 13.7. The molecule has 1 aromatic carbocycles. The number of amides is 1. The number of benzene rings is 1. The van der Waals surface area contributed by atoms with Crippen molar-refractivity contribution in [3.63, 3.8) is 0 Å². The maximum atomic E-state index is 11.7. The molecule has 1 amide bonds. The van der Waals surface area contributed by atoms with Gasteiger partial charge >= 0.3 is 0 Å². The first-order chi connectivity index (χ1) is 9.13. The van der Waals surface area contributed by atoms with E-state index in [2.05, 4.69) is 10.6 Å². The highest BCUT2D eigenvalue weighted by Crippen LogP contribution is 2.30. The Kier molecular flexibility index (Phi) is 4.27. The molecule has 0 radical (unpaired) electrons. The Bertz CT molecular complexity index is 444.